The molecule has 0 saturated carbocycles. The Morgan fingerprint density at radius 3 is 2.62 bits per heavy atom. The van der Waals surface area contributed by atoms with Gasteiger partial charge in [0.15, 0.2) is 0 Å². The Morgan fingerprint density at radius 2 is 1.91 bits per heavy atom. The number of aliphatic imine (C=N–C) groups is 1. The fourth-order valence-corrected chi connectivity index (χ4v) is 5.30. The van der Waals surface area contributed by atoms with Gasteiger partial charge in [0, 0.05) is 36.1 Å². The minimum absolute atomic E-state index is 0.0506. The summed E-state index contributed by atoms with van der Waals surface area (Å²) in [6, 6.07) is 11.7. The Morgan fingerprint density at radius 1 is 1.16 bits per heavy atom. The van der Waals surface area contributed by atoms with Crippen LogP contribution in [0.2, 0.25) is 15.1 Å². The molecule has 0 bridgehead atoms. The molecule has 2 aliphatic heterocycles. The molecule has 2 N–H and O–H groups in total. The molecule has 0 unspecified atom stereocenters. The first-order chi connectivity index (χ1) is 15.4. The fourth-order valence-electron chi connectivity index (χ4n) is 4.74. The number of hydrogen-bond acceptors (Lipinski definition) is 3. The zero-order chi connectivity index (χ0) is 22.7. The minimum Gasteiger partial charge on any atom is -0.355 e. The quantitative estimate of drug-likeness (QED) is 0.608. The van der Waals surface area contributed by atoms with Crippen molar-refractivity contribution in [3.63, 3.8) is 0 Å². The molecule has 32 heavy (non-hydrogen) atoms. The van der Waals surface area contributed by atoms with Gasteiger partial charge in [-0.3, -0.25) is 9.79 Å². The molecule has 0 radical (unpaired) electrons. The molecule has 0 aliphatic carbocycles. The van der Waals surface area contributed by atoms with Gasteiger partial charge in [-0.1, -0.05) is 46.9 Å². The Kier molecular flexibility index (Phi) is 7.30. The first-order valence-corrected chi connectivity index (χ1v) is 12.0. The number of nitrogens with zero attached hydrogens (tertiary/aromatic N) is 2. The molecule has 1 amide bonds. The van der Waals surface area contributed by atoms with Crippen molar-refractivity contribution in [3.8, 4) is 0 Å². The number of nitrogens with one attached hydrogen (secondary N) is 2. The zero-order valence-electron chi connectivity index (χ0n) is 18.1. The molecule has 2 aromatic rings. The molecule has 0 aromatic heterocycles. The molecule has 170 valence electrons. The summed E-state index contributed by atoms with van der Waals surface area (Å²) >= 11 is 19.0. The smallest absolute Gasteiger partial charge is 0.216 e. The standard InChI is InChI=1S/C24H27Cl3N4O/c1-16(32)29-9-10-31-22-13-21(27)20(26)12-18(22)14-24(5-7-28-8-6-24)23(31)30-15-17-3-2-4-19(25)11-17/h2-4,11-13,28H,5-10,14-15H2,1H3,(H,29,32). The number of halogens is 3. The van der Waals surface area contributed by atoms with E-state index in [9.17, 15) is 4.79 Å². The van der Waals surface area contributed by atoms with Gasteiger partial charge in [0.25, 0.3) is 0 Å². The van der Waals surface area contributed by atoms with Gasteiger partial charge in [-0.2, -0.15) is 0 Å². The van der Waals surface area contributed by atoms with Crippen LogP contribution in [0.5, 0.6) is 0 Å². The van der Waals surface area contributed by atoms with Crippen LogP contribution in [0.15, 0.2) is 41.4 Å². The van der Waals surface area contributed by atoms with Crippen molar-refractivity contribution in [1.82, 2.24) is 10.6 Å². The van der Waals surface area contributed by atoms with Gasteiger partial charge in [0.05, 0.1) is 16.6 Å². The molecule has 5 nitrogen and oxygen atoms in total. The summed E-state index contributed by atoms with van der Waals surface area (Å²) in [5.74, 6) is 1.00. The molecule has 2 aliphatic rings. The average Bonchev–Trinajstić information content (AvgIpc) is 2.75. The third-order valence-corrected chi connectivity index (χ3v) is 7.20. The fraction of sp³-hybridized carbons (Fsp3) is 0.417. The molecule has 4 rings (SSSR count). The number of anilines is 1. The van der Waals surface area contributed by atoms with E-state index >= 15 is 0 Å². The summed E-state index contributed by atoms with van der Waals surface area (Å²) in [5, 5.41) is 8.19. The number of fused-ring (bicyclic) bond motifs is 1. The van der Waals surface area contributed by atoms with Crippen LogP contribution < -0.4 is 15.5 Å². The van der Waals surface area contributed by atoms with Crippen LogP contribution in [0.3, 0.4) is 0 Å². The van der Waals surface area contributed by atoms with E-state index in [1.807, 2.05) is 36.4 Å². The molecule has 2 aromatic carbocycles. The van der Waals surface area contributed by atoms with Crippen molar-refractivity contribution >= 4 is 52.2 Å². The van der Waals surface area contributed by atoms with Crippen LogP contribution in [0.4, 0.5) is 5.69 Å². The highest BCUT2D eigenvalue weighted by molar-refractivity contribution is 6.42. The van der Waals surface area contributed by atoms with Crippen molar-refractivity contribution in [2.75, 3.05) is 31.1 Å². The van der Waals surface area contributed by atoms with Crippen molar-refractivity contribution in [2.24, 2.45) is 10.4 Å². The van der Waals surface area contributed by atoms with Crippen LogP contribution in [0, 0.1) is 5.41 Å². The molecule has 1 fully saturated rings. The van der Waals surface area contributed by atoms with Crippen LogP contribution in [0.1, 0.15) is 30.9 Å². The van der Waals surface area contributed by atoms with Crippen LogP contribution in [-0.2, 0) is 17.8 Å². The van der Waals surface area contributed by atoms with Crippen molar-refractivity contribution < 1.29 is 4.79 Å². The monoisotopic (exact) mass is 492 g/mol. The maximum absolute atomic E-state index is 11.5. The van der Waals surface area contributed by atoms with E-state index in [0.29, 0.717) is 34.7 Å². The number of carbonyl (C=O) groups is 1. The van der Waals surface area contributed by atoms with Gasteiger partial charge >= 0.3 is 0 Å². The van der Waals surface area contributed by atoms with E-state index < -0.39 is 0 Å². The predicted octanol–water partition coefficient (Wildman–Crippen LogP) is 5.11. The van der Waals surface area contributed by atoms with Crippen LogP contribution >= 0.6 is 34.8 Å². The number of amidine groups is 1. The molecular weight excluding hydrogens is 467 g/mol. The first-order valence-electron chi connectivity index (χ1n) is 10.9. The average molecular weight is 494 g/mol. The van der Waals surface area contributed by atoms with E-state index in [4.69, 9.17) is 39.8 Å². The lowest BCUT2D eigenvalue weighted by molar-refractivity contribution is -0.118. The highest BCUT2D eigenvalue weighted by Crippen LogP contribution is 2.46. The van der Waals surface area contributed by atoms with E-state index in [2.05, 4.69) is 15.5 Å². The van der Waals surface area contributed by atoms with Crippen molar-refractivity contribution in [3.05, 3.63) is 62.6 Å². The largest absolute Gasteiger partial charge is 0.355 e. The third-order valence-electron chi connectivity index (χ3n) is 6.24. The molecular formula is C24H27Cl3N4O. The molecule has 2 heterocycles. The van der Waals surface area contributed by atoms with E-state index in [1.54, 1.807) is 0 Å². The van der Waals surface area contributed by atoms with E-state index in [0.717, 1.165) is 49.4 Å². The highest BCUT2D eigenvalue weighted by atomic mass is 35.5. The summed E-state index contributed by atoms with van der Waals surface area (Å²) < 4.78 is 0. The predicted molar refractivity (Wildman–Crippen MR) is 133 cm³/mol. The molecule has 8 heteroatoms. The third kappa shape index (κ3) is 5.07. The van der Waals surface area contributed by atoms with Gasteiger partial charge in [0.1, 0.15) is 5.84 Å². The lowest BCUT2D eigenvalue weighted by Crippen LogP contribution is -2.55. The van der Waals surface area contributed by atoms with Gasteiger partial charge in [-0.15, -0.1) is 0 Å². The highest BCUT2D eigenvalue weighted by Gasteiger charge is 2.44. The number of rotatable bonds is 5. The summed E-state index contributed by atoms with van der Waals surface area (Å²) in [4.78, 5) is 18.9. The Labute approximate surface area is 204 Å². The topological polar surface area (TPSA) is 56.7 Å². The first kappa shape index (κ1) is 23.4. The minimum atomic E-state index is -0.0930. The second-order valence-electron chi connectivity index (χ2n) is 8.51. The van der Waals surface area contributed by atoms with E-state index in [1.165, 1.54) is 12.5 Å². The van der Waals surface area contributed by atoms with Gasteiger partial charge < -0.3 is 15.5 Å². The lowest BCUT2D eigenvalue weighted by atomic mass is 9.70. The Balaban J connectivity index is 1.78. The number of carbonyl (C=O) groups excluding carboxylic acids is 1. The molecule has 1 spiro atoms. The van der Waals surface area contributed by atoms with Crippen molar-refractivity contribution in [1.29, 1.82) is 0 Å². The summed E-state index contributed by atoms with van der Waals surface area (Å²) in [7, 11) is 0. The summed E-state index contributed by atoms with van der Waals surface area (Å²) in [6.45, 7) is 5.06. The van der Waals surface area contributed by atoms with Gasteiger partial charge in [-0.05, 0) is 67.7 Å². The summed E-state index contributed by atoms with van der Waals surface area (Å²) in [5.41, 5.74) is 3.16. The maximum atomic E-state index is 11.5. The van der Waals surface area contributed by atoms with Crippen molar-refractivity contribution in [2.45, 2.75) is 32.7 Å². The zero-order valence-corrected chi connectivity index (χ0v) is 20.3. The van der Waals surface area contributed by atoms with E-state index in [-0.39, 0.29) is 11.3 Å². The second-order valence-corrected chi connectivity index (χ2v) is 9.76. The number of amides is 1. The Hall–Kier alpha value is -1.79. The molecule has 1 saturated heterocycles. The maximum Gasteiger partial charge on any atom is 0.216 e. The normalized spacial score (nSPS) is 18.6. The summed E-state index contributed by atoms with van der Waals surface area (Å²) in [6.07, 6.45) is 2.83. The SMILES string of the molecule is CC(=O)NCCN1C(=NCc2cccc(Cl)c2)C2(CCNCC2)Cc2cc(Cl)c(Cl)cc21. The van der Waals surface area contributed by atoms with Crippen LogP contribution in [-0.4, -0.2) is 37.9 Å². The Bertz CT molecular complexity index is 1030. The number of piperidine rings is 1. The molecule has 0 atom stereocenters. The second kappa shape index (κ2) is 10.0. The van der Waals surface area contributed by atoms with Gasteiger partial charge in [-0.25, -0.2) is 0 Å². The lowest BCUT2D eigenvalue weighted by Gasteiger charge is -2.48. The number of hydrogen-bond donors (Lipinski definition) is 2. The van der Waals surface area contributed by atoms with Gasteiger partial charge in [0.2, 0.25) is 5.91 Å². The number of benzene rings is 2. The van der Waals surface area contributed by atoms with Crippen LogP contribution in [0.25, 0.3) is 0 Å².